The normalized spacial score (nSPS) is 23.0. The lowest BCUT2D eigenvalue weighted by atomic mass is 9.91. The molecule has 0 radical (unpaired) electrons. The number of ether oxygens (including phenoxy) is 2. The van der Waals surface area contributed by atoms with Crippen LogP contribution < -0.4 is 14.8 Å². The Kier molecular flexibility index (Phi) is 4.18. The number of nitrogens with one attached hydrogen (secondary N) is 1. The van der Waals surface area contributed by atoms with Crippen molar-refractivity contribution < 1.29 is 14.3 Å². The second kappa shape index (κ2) is 6.47. The van der Waals surface area contributed by atoms with Crippen LogP contribution in [0.5, 0.6) is 11.5 Å². The number of rotatable bonds is 3. The summed E-state index contributed by atoms with van der Waals surface area (Å²) in [5.74, 6) is 1.24. The number of thiophene rings is 1. The van der Waals surface area contributed by atoms with E-state index in [1.807, 2.05) is 11.6 Å². The molecule has 2 aromatic heterocycles. The Balaban J connectivity index is 1.35. The van der Waals surface area contributed by atoms with Crippen LogP contribution in [0, 0.1) is 6.92 Å². The van der Waals surface area contributed by atoms with Crippen LogP contribution in [0.1, 0.15) is 47.0 Å². The Morgan fingerprint density at radius 1 is 1.29 bits per heavy atom. The fraction of sp³-hybridized carbons (Fsp3) is 0.529. The van der Waals surface area contributed by atoms with Gasteiger partial charge in [-0.1, -0.05) is 0 Å². The highest BCUT2D eigenvalue weighted by molar-refractivity contribution is 7.12. The summed E-state index contributed by atoms with van der Waals surface area (Å²) in [6.07, 6.45) is 8.01. The first kappa shape index (κ1) is 15.5. The molecule has 4 rings (SSSR count). The maximum absolute atomic E-state index is 12.5. The molecule has 7 heteroatoms. The summed E-state index contributed by atoms with van der Waals surface area (Å²) in [5, 5.41) is 9.42. The number of carbonyl (C=O) groups is 1. The molecule has 6 nitrogen and oxygen atoms in total. The van der Waals surface area contributed by atoms with Gasteiger partial charge in [-0.3, -0.25) is 9.48 Å². The zero-order valence-corrected chi connectivity index (χ0v) is 14.5. The molecule has 1 aliphatic carbocycles. The molecule has 3 heterocycles. The number of aromatic nitrogens is 2. The minimum atomic E-state index is -0.0508. The summed E-state index contributed by atoms with van der Waals surface area (Å²) < 4.78 is 13.2. The van der Waals surface area contributed by atoms with Gasteiger partial charge in [-0.05, 0) is 38.2 Å². The molecule has 1 saturated carbocycles. The molecular weight excluding hydrogens is 326 g/mol. The highest BCUT2D eigenvalue weighted by Crippen LogP contribution is 2.39. The van der Waals surface area contributed by atoms with Crippen molar-refractivity contribution in [3.63, 3.8) is 0 Å². The lowest BCUT2D eigenvalue weighted by Crippen LogP contribution is -2.38. The quantitative estimate of drug-likeness (QED) is 0.927. The van der Waals surface area contributed by atoms with E-state index >= 15 is 0 Å². The molecule has 1 aliphatic heterocycles. The van der Waals surface area contributed by atoms with E-state index in [0.29, 0.717) is 35.6 Å². The van der Waals surface area contributed by atoms with Gasteiger partial charge in [0.1, 0.15) is 18.1 Å². The van der Waals surface area contributed by atoms with Crippen molar-refractivity contribution in [3.8, 4) is 11.5 Å². The van der Waals surface area contributed by atoms with Crippen LogP contribution >= 0.6 is 11.3 Å². The fourth-order valence-corrected chi connectivity index (χ4v) is 4.22. The van der Waals surface area contributed by atoms with Gasteiger partial charge < -0.3 is 14.8 Å². The molecule has 1 N–H and O–H groups in total. The number of amides is 1. The Hall–Kier alpha value is -2.02. The van der Waals surface area contributed by atoms with Crippen molar-refractivity contribution in [3.05, 3.63) is 28.2 Å². The van der Waals surface area contributed by atoms with Crippen LogP contribution in [0.2, 0.25) is 0 Å². The third-order valence-electron chi connectivity index (χ3n) is 4.64. The molecule has 1 amide bonds. The van der Waals surface area contributed by atoms with E-state index in [2.05, 4.69) is 28.2 Å². The molecule has 0 saturated heterocycles. The van der Waals surface area contributed by atoms with Crippen LogP contribution in [0.4, 0.5) is 0 Å². The van der Waals surface area contributed by atoms with E-state index in [1.165, 1.54) is 16.9 Å². The van der Waals surface area contributed by atoms with E-state index < -0.39 is 0 Å². The standard InChI is InChI=1S/C17H21N3O3S/c1-11-8-18-20(9-11)13-4-2-12(3-5-13)19-17(21)16-15-14(10-24-16)22-6-7-23-15/h8-10,12-13H,2-7H2,1H3,(H,19,21). The maximum atomic E-state index is 12.5. The first-order valence-corrected chi connectivity index (χ1v) is 9.27. The number of nitrogens with zero attached hydrogens (tertiary/aromatic N) is 2. The second-order valence-corrected chi connectivity index (χ2v) is 7.31. The Morgan fingerprint density at radius 2 is 2.08 bits per heavy atom. The second-order valence-electron chi connectivity index (χ2n) is 6.43. The summed E-state index contributed by atoms with van der Waals surface area (Å²) in [6, 6.07) is 0.658. The lowest BCUT2D eigenvalue weighted by molar-refractivity contribution is 0.0917. The van der Waals surface area contributed by atoms with Crippen molar-refractivity contribution >= 4 is 17.2 Å². The van der Waals surface area contributed by atoms with Crippen molar-refractivity contribution in [2.75, 3.05) is 13.2 Å². The molecule has 1 fully saturated rings. The number of aryl methyl sites for hydroxylation is 1. The Labute approximate surface area is 144 Å². The van der Waals surface area contributed by atoms with Crippen LogP contribution in [0.15, 0.2) is 17.8 Å². The number of hydrogen-bond donors (Lipinski definition) is 1. The average molecular weight is 347 g/mol. The predicted octanol–water partition coefficient (Wildman–Crippen LogP) is 2.94. The third kappa shape index (κ3) is 3.00. The van der Waals surface area contributed by atoms with Crippen LogP contribution in [0.25, 0.3) is 0 Å². The van der Waals surface area contributed by atoms with Crippen LogP contribution in [-0.2, 0) is 0 Å². The summed E-state index contributed by atoms with van der Waals surface area (Å²) in [4.78, 5) is 13.2. The van der Waals surface area contributed by atoms with Crippen molar-refractivity contribution in [2.24, 2.45) is 0 Å². The van der Waals surface area contributed by atoms with Gasteiger partial charge >= 0.3 is 0 Å². The van der Waals surface area contributed by atoms with Crippen molar-refractivity contribution in [1.82, 2.24) is 15.1 Å². The van der Waals surface area contributed by atoms with Crippen molar-refractivity contribution in [2.45, 2.75) is 44.7 Å². The largest absolute Gasteiger partial charge is 0.485 e. The Bertz CT molecular complexity index is 731. The third-order valence-corrected chi connectivity index (χ3v) is 5.58. The zero-order valence-electron chi connectivity index (χ0n) is 13.7. The van der Waals surface area contributed by atoms with Gasteiger partial charge in [0, 0.05) is 17.6 Å². The molecule has 2 aliphatic rings. The zero-order chi connectivity index (χ0) is 16.5. The van der Waals surface area contributed by atoms with Gasteiger partial charge in [-0.15, -0.1) is 11.3 Å². The number of carbonyl (C=O) groups excluding carboxylic acids is 1. The molecule has 24 heavy (non-hydrogen) atoms. The van der Waals surface area contributed by atoms with E-state index in [1.54, 1.807) is 0 Å². The molecule has 2 aromatic rings. The molecule has 0 unspecified atom stereocenters. The smallest absolute Gasteiger partial charge is 0.265 e. The topological polar surface area (TPSA) is 65.4 Å². The van der Waals surface area contributed by atoms with Gasteiger partial charge in [0.25, 0.3) is 5.91 Å². The summed E-state index contributed by atoms with van der Waals surface area (Å²) in [7, 11) is 0. The maximum Gasteiger partial charge on any atom is 0.265 e. The highest BCUT2D eigenvalue weighted by atomic mass is 32.1. The number of hydrogen-bond acceptors (Lipinski definition) is 5. The van der Waals surface area contributed by atoms with E-state index in [9.17, 15) is 4.79 Å². The highest BCUT2D eigenvalue weighted by Gasteiger charge is 2.28. The minimum absolute atomic E-state index is 0.0508. The molecule has 128 valence electrons. The van der Waals surface area contributed by atoms with E-state index in [4.69, 9.17) is 9.47 Å². The summed E-state index contributed by atoms with van der Waals surface area (Å²) in [6.45, 7) is 3.10. The molecule has 0 spiro atoms. The monoisotopic (exact) mass is 347 g/mol. The summed E-state index contributed by atoms with van der Waals surface area (Å²) >= 11 is 1.39. The number of fused-ring (bicyclic) bond motifs is 1. The summed E-state index contributed by atoms with van der Waals surface area (Å²) in [5.41, 5.74) is 1.19. The van der Waals surface area contributed by atoms with Gasteiger partial charge in [-0.25, -0.2) is 0 Å². The minimum Gasteiger partial charge on any atom is -0.485 e. The predicted molar refractivity (Wildman–Crippen MR) is 91.0 cm³/mol. The van der Waals surface area contributed by atoms with Crippen LogP contribution in [0.3, 0.4) is 0 Å². The van der Waals surface area contributed by atoms with E-state index in [-0.39, 0.29) is 11.9 Å². The van der Waals surface area contributed by atoms with Gasteiger partial charge in [0.2, 0.25) is 0 Å². The molecule has 0 bridgehead atoms. The molecule has 0 atom stereocenters. The Morgan fingerprint density at radius 3 is 2.83 bits per heavy atom. The van der Waals surface area contributed by atoms with Crippen molar-refractivity contribution in [1.29, 1.82) is 0 Å². The van der Waals surface area contributed by atoms with Gasteiger partial charge in [0.05, 0.1) is 12.2 Å². The first-order chi connectivity index (χ1) is 11.7. The average Bonchev–Trinajstić information content (AvgIpc) is 3.22. The molecular formula is C17H21N3O3S. The van der Waals surface area contributed by atoms with E-state index in [0.717, 1.165) is 25.7 Å². The van der Waals surface area contributed by atoms with Crippen LogP contribution in [-0.4, -0.2) is 34.9 Å². The first-order valence-electron chi connectivity index (χ1n) is 8.39. The molecule has 0 aromatic carbocycles. The SMILES string of the molecule is Cc1cnn(C2CCC(NC(=O)c3scc4c3OCCO4)CC2)c1. The fourth-order valence-electron chi connectivity index (χ4n) is 3.39. The lowest BCUT2D eigenvalue weighted by Gasteiger charge is -2.29. The van der Waals surface area contributed by atoms with Gasteiger partial charge in [0.15, 0.2) is 11.5 Å². The van der Waals surface area contributed by atoms with Gasteiger partial charge in [-0.2, -0.15) is 5.10 Å².